The molecule has 0 aromatic heterocycles. The number of carbonyl (C=O) groups excluding carboxylic acids is 2. The van der Waals surface area contributed by atoms with E-state index in [1.165, 1.54) is 4.90 Å². The Bertz CT molecular complexity index is 679. The topological polar surface area (TPSA) is 49.9 Å². The maximum absolute atomic E-state index is 12.3. The highest BCUT2D eigenvalue weighted by atomic mass is 16.6. The Morgan fingerprint density at radius 3 is 2.12 bits per heavy atom. The van der Waals surface area contributed by atoms with Gasteiger partial charge in [0, 0.05) is 24.3 Å². The van der Waals surface area contributed by atoms with E-state index in [0.29, 0.717) is 26.1 Å². The van der Waals surface area contributed by atoms with E-state index in [1.807, 2.05) is 43.3 Å². The second-order valence-corrected chi connectivity index (χ2v) is 6.25. The molecule has 3 rings (SSSR count). The van der Waals surface area contributed by atoms with Crippen LogP contribution in [-0.2, 0) is 9.53 Å². The van der Waals surface area contributed by atoms with Crippen LogP contribution >= 0.6 is 0 Å². The average molecular weight is 338 g/mol. The van der Waals surface area contributed by atoms with Crippen molar-refractivity contribution in [3.8, 4) is 0 Å². The zero-order valence-electron chi connectivity index (χ0n) is 14.3. The molecule has 0 saturated carbocycles. The lowest BCUT2D eigenvalue weighted by Crippen LogP contribution is -2.34. The number of benzene rings is 2. The lowest BCUT2D eigenvalue weighted by atomic mass is 10.1. The van der Waals surface area contributed by atoms with E-state index in [-0.39, 0.29) is 11.8 Å². The van der Waals surface area contributed by atoms with Crippen molar-refractivity contribution in [1.29, 1.82) is 0 Å². The van der Waals surface area contributed by atoms with Gasteiger partial charge in [0.05, 0.1) is 6.54 Å². The Labute approximate surface area is 147 Å². The average Bonchev–Trinajstić information content (AvgIpc) is 3.07. The maximum atomic E-state index is 12.3. The number of amides is 2. The highest BCUT2D eigenvalue weighted by molar-refractivity contribution is 5.93. The lowest BCUT2D eigenvalue weighted by molar-refractivity contribution is -0.128. The Hall–Kier alpha value is -2.82. The number of nitrogens with zero attached hydrogens (tertiary/aromatic N) is 2. The van der Waals surface area contributed by atoms with Gasteiger partial charge in [-0.1, -0.05) is 43.3 Å². The Morgan fingerprint density at radius 1 is 1.08 bits per heavy atom. The van der Waals surface area contributed by atoms with Gasteiger partial charge in [0.15, 0.2) is 0 Å². The van der Waals surface area contributed by atoms with Gasteiger partial charge in [0.1, 0.15) is 6.61 Å². The van der Waals surface area contributed by atoms with Gasteiger partial charge in [-0.2, -0.15) is 0 Å². The van der Waals surface area contributed by atoms with E-state index >= 15 is 0 Å². The number of hydrogen-bond donors (Lipinski definition) is 0. The molecule has 1 heterocycles. The molecule has 2 aromatic carbocycles. The molecule has 0 bridgehead atoms. The molecule has 1 atom stereocenters. The Kier molecular flexibility index (Phi) is 5.33. The second-order valence-electron chi connectivity index (χ2n) is 6.25. The summed E-state index contributed by atoms with van der Waals surface area (Å²) in [5, 5.41) is 0. The predicted octanol–water partition coefficient (Wildman–Crippen LogP) is 3.83. The Morgan fingerprint density at radius 2 is 1.64 bits per heavy atom. The van der Waals surface area contributed by atoms with Crippen LogP contribution in [0.4, 0.5) is 16.2 Å². The van der Waals surface area contributed by atoms with Crippen LogP contribution in [0.25, 0.3) is 0 Å². The molecular formula is C20H22N2O3. The minimum Gasteiger partial charge on any atom is -0.447 e. The summed E-state index contributed by atoms with van der Waals surface area (Å²) in [6, 6.07) is 20.2. The summed E-state index contributed by atoms with van der Waals surface area (Å²) >= 11 is 0. The number of imide groups is 1. The van der Waals surface area contributed by atoms with Crippen LogP contribution in [0.15, 0.2) is 60.7 Å². The predicted molar refractivity (Wildman–Crippen MR) is 96.7 cm³/mol. The van der Waals surface area contributed by atoms with Gasteiger partial charge in [-0.05, 0) is 30.2 Å². The molecule has 1 aliphatic rings. The van der Waals surface area contributed by atoms with Gasteiger partial charge in [-0.3, -0.25) is 4.79 Å². The molecule has 25 heavy (non-hydrogen) atoms. The van der Waals surface area contributed by atoms with Crippen molar-refractivity contribution >= 4 is 23.4 Å². The standard InChI is InChI=1S/C20H22N2O3/c1-16(14-19(23)21-12-13-25-20(21)24)15-22(17-8-4-2-5-9-17)18-10-6-3-7-11-18/h2-11,16H,12-15H2,1H3. The zero-order chi connectivity index (χ0) is 17.6. The number of rotatable bonds is 6. The highest BCUT2D eigenvalue weighted by Gasteiger charge is 2.29. The van der Waals surface area contributed by atoms with Crippen LogP contribution in [-0.4, -0.2) is 36.6 Å². The summed E-state index contributed by atoms with van der Waals surface area (Å²) in [7, 11) is 0. The summed E-state index contributed by atoms with van der Waals surface area (Å²) < 4.78 is 4.84. The summed E-state index contributed by atoms with van der Waals surface area (Å²) in [5.41, 5.74) is 2.15. The summed E-state index contributed by atoms with van der Waals surface area (Å²) in [6.45, 7) is 3.35. The smallest absolute Gasteiger partial charge is 0.416 e. The monoisotopic (exact) mass is 338 g/mol. The number of anilines is 2. The first kappa shape index (κ1) is 17.0. The van der Waals surface area contributed by atoms with E-state index < -0.39 is 6.09 Å². The summed E-state index contributed by atoms with van der Waals surface area (Å²) in [4.78, 5) is 27.3. The fraction of sp³-hybridized carbons (Fsp3) is 0.300. The molecule has 0 N–H and O–H groups in total. The van der Waals surface area contributed by atoms with Crippen molar-refractivity contribution in [2.24, 2.45) is 5.92 Å². The number of cyclic esters (lactones) is 1. The van der Waals surface area contributed by atoms with E-state index in [4.69, 9.17) is 4.74 Å². The maximum Gasteiger partial charge on any atom is 0.416 e. The zero-order valence-corrected chi connectivity index (χ0v) is 14.3. The number of carbonyl (C=O) groups is 2. The van der Waals surface area contributed by atoms with Crippen molar-refractivity contribution in [2.45, 2.75) is 13.3 Å². The van der Waals surface area contributed by atoms with Gasteiger partial charge in [-0.25, -0.2) is 9.69 Å². The molecule has 130 valence electrons. The minimum absolute atomic E-state index is 0.0845. The molecule has 2 amide bonds. The van der Waals surface area contributed by atoms with E-state index in [0.717, 1.165) is 11.4 Å². The van der Waals surface area contributed by atoms with Crippen molar-refractivity contribution in [1.82, 2.24) is 4.90 Å². The van der Waals surface area contributed by atoms with Crippen molar-refractivity contribution < 1.29 is 14.3 Å². The van der Waals surface area contributed by atoms with Crippen LogP contribution in [0.5, 0.6) is 0 Å². The number of hydrogen-bond acceptors (Lipinski definition) is 4. The number of ether oxygens (including phenoxy) is 1. The molecule has 0 aliphatic carbocycles. The van der Waals surface area contributed by atoms with E-state index in [1.54, 1.807) is 0 Å². The van der Waals surface area contributed by atoms with Gasteiger partial charge in [-0.15, -0.1) is 0 Å². The van der Waals surface area contributed by atoms with Gasteiger partial charge >= 0.3 is 6.09 Å². The van der Waals surface area contributed by atoms with Gasteiger partial charge in [0.2, 0.25) is 5.91 Å². The number of para-hydroxylation sites is 2. The summed E-state index contributed by atoms with van der Waals surface area (Å²) in [5.74, 6) is -0.0858. The fourth-order valence-electron chi connectivity index (χ4n) is 2.98. The minimum atomic E-state index is -0.528. The molecule has 0 radical (unpaired) electrons. The molecule has 5 heteroatoms. The third kappa shape index (κ3) is 4.18. The first-order chi connectivity index (χ1) is 12.1. The molecule has 2 aromatic rings. The van der Waals surface area contributed by atoms with Crippen LogP contribution in [0.1, 0.15) is 13.3 Å². The Balaban J connectivity index is 1.72. The first-order valence-electron chi connectivity index (χ1n) is 8.50. The quantitative estimate of drug-likeness (QED) is 0.803. The molecule has 1 unspecified atom stereocenters. The molecule has 1 fully saturated rings. The fourth-order valence-corrected chi connectivity index (χ4v) is 2.98. The first-order valence-corrected chi connectivity index (χ1v) is 8.50. The molecular weight excluding hydrogens is 316 g/mol. The summed E-state index contributed by atoms with van der Waals surface area (Å²) in [6.07, 6.45) is -0.217. The normalized spacial score (nSPS) is 14.9. The third-order valence-corrected chi connectivity index (χ3v) is 4.21. The van der Waals surface area contributed by atoms with Crippen LogP contribution in [0.3, 0.4) is 0 Å². The largest absolute Gasteiger partial charge is 0.447 e. The lowest BCUT2D eigenvalue weighted by Gasteiger charge is -2.28. The third-order valence-electron chi connectivity index (χ3n) is 4.21. The van der Waals surface area contributed by atoms with Gasteiger partial charge in [0.25, 0.3) is 0 Å². The SMILES string of the molecule is CC(CC(=O)N1CCOC1=O)CN(c1ccccc1)c1ccccc1. The molecule has 5 nitrogen and oxygen atoms in total. The second kappa shape index (κ2) is 7.83. The van der Waals surface area contributed by atoms with E-state index in [2.05, 4.69) is 29.2 Å². The van der Waals surface area contributed by atoms with E-state index in [9.17, 15) is 9.59 Å². The highest BCUT2D eigenvalue weighted by Crippen LogP contribution is 2.27. The molecule has 1 aliphatic heterocycles. The van der Waals surface area contributed by atoms with Crippen molar-refractivity contribution in [2.75, 3.05) is 24.6 Å². The molecule has 0 spiro atoms. The van der Waals surface area contributed by atoms with Crippen LogP contribution < -0.4 is 4.90 Å². The van der Waals surface area contributed by atoms with Crippen molar-refractivity contribution in [3.63, 3.8) is 0 Å². The van der Waals surface area contributed by atoms with Crippen LogP contribution in [0, 0.1) is 5.92 Å². The van der Waals surface area contributed by atoms with Gasteiger partial charge < -0.3 is 9.64 Å². The molecule has 1 saturated heterocycles. The van der Waals surface area contributed by atoms with Crippen LogP contribution in [0.2, 0.25) is 0 Å². The van der Waals surface area contributed by atoms with Crippen molar-refractivity contribution in [3.05, 3.63) is 60.7 Å².